The monoisotopic (exact) mass is 357 g/mol. The van der Waals surface area contributed by atoms with Crippen LogP contribution in [0.4, 0.5) is 5.69 Å². The molecule has 2 aromatic rings. The van der Waals surface area contributed by atoms with Crippen LogP contribution in [0.5, 0.6) is 0 Å². The number of sulfonamides is 1. The summed E-state index contributed by atoms with van der Waals surface area (Å²) in [5.74, 6) is -0.416. The Morgan fingerprint density at radius 3 is 2.40 bits per heavy atom. The Bertz CT molecular complexity index is 900. The van der Waals surface area contributed by atoms with E-state index in [-0.39, 0.29) is 11.4 Å². The lowest BCUT2D eigenvalue weighted by Gasteiger charge is -2.17. The maximum absolute atomic E-state index is 12.5. The zero-order valence-corrected chi connectivity index (χ0v) is 14.9. The number of anilines is 1. The van der Waals surface area contributed by atoms with Crippen molar-refractivity contribution in [2.45, 2.75) is 18.2 Å². The molecular formula is C18H19N3O3S. The van der Waals surface area contributed by atoms with E-state index in [4.69, 9.17) is 5.26 Å². The topological polar surface area (TPSA) is 90.3 Å². The van der Waals surface area contributed by atoms with Gasteiger partial charge in [-0.1, -0.05) is 25.1 Å². The van der Waals surface area contributed by atoms with Gasteiger partial charge in [0.2, 0.25) is 15.9 Å². The van der Waals surface area contributed by atoms with E-state index in [1.165, 1.54) is 31.3 Å². The first-order chi connectivity index (χ1) is 11.9. The highest BCUT2D eigenvalue weighted by atomic mass is 32.2. The Balaban J connectivity index is 2.10. The SMILES string of the molecule is CCc1ccccc1NC(=O)CN(C)S(=O)(=O)c1ccc(C#N)cc1. The Morgan fingerprint density at radius 2 is 1.80 bits per heavy atom. The lowest BCUT2D eigenvalue weighted by atomic mass is 10.1. The number of hydrogen-bond donors (Lipinski definition) is 1. The highest BCUT2D eigenvalue weighted by molar-refractivity contribution is 7.89. The van der Waals surface area contributed by atoms with E-state index in [0.29, 0.717) is 11.3 Å². The van der Waals surface area contributed by atoms with Gasteiger partial charge >= 0.3 is 0 Å². The molecule has 0 saturated heterocycles. The maximum Gasteiger partial charge on any atom is 0.243 e. The number of para-hydroxylation sites is 1. The Morgan fingerprint density at radius 1 is 1.16 bits per heavy atom. The highest BCUT2D eigenvalue weighted by Gasteiger charge is 2.23. The molecule has 0 radical (unpaired) electrons. The summed E-state index contributed by atoms with van der Waals surface area (Å²) in [5.41, 5.74) is 2.03. The minimum atomic E-state index is -3.80. The number of nitriles is 1. The summed E-state index contributed by atoms with van der Waals surface area (Å²) in [4.78, 5) is 12.2. The summed E-state index contributed by atoms with van der Waals surface area (Å²) in [7, 11) is -2.46. The van der Waals surface area contributed by atoms with Crippen molar-refractivity contribution in [3.63, 3.8) is 0 Å². The number of nitrogens with one attached hydrogen (secondary N) is 1. The summed E-state index contributed by atoms with van der Waals surface area (Å²) in [6.07, 6.45) is 0.760. The molecular weight excluding hydrogens is 338 g/mol. The van der Waals surface area contributed by atoms with Gasteiger partial charge < -0.3 is 5.32 Å². The molecule has 0 heterocycles. The summed E-state index contributed by atoms with van der Waals surface area (Å²) < 4.78 is 26.0. The zero-order chi connectivity index (χ0) is 18.4. The first-order valence-electron chi connectivity index (χ1n) is 7.72. The van der Waals surface area contributed by atoms with Crippen molar-refractivity contribution >= 4 is 21.6 Å². The third-order valence-corrected chi connectivity index (χ3v) is 5.55. The van der Waals surface area contributed by atoms with Gasteiger partial charge in [0.25, 0.3) is 0 Å². The van der Waals surface area contributed by atoms with Crippen LogP contribution in [0.25, 0.3) is 0 Å². The minimum Gasteiger partial charge on any atom is -0.325 e. The molecule has 0 aromatic heterocycles. The fourth-order valence-corrected chi connectivity index (χ4v) is 3.44. The Hall–Kier alpha value is -2.69. The smallest absolute Gasteiger partial charge is 0.243 e. The first-order valence-corrected chi connectivity index (χ1v) is 9.16. The molecule has 1 N–H and O–H groups in total. The minimum absolute atomic E-state index is 0.0377. The van der Waals surface area contributed by atoms with E-state index in [1.54, 1.807) is 6.07 Å². The van der Waals surface area contributed by atoms with Gasteiger partial charge in [-0.2, -0.15) is 9.57 Å². The molecule has 7 heteroatoms. The van der Waals surface area contributed by atoms with Gasteiger partial charge in [0, 0.05) is 12.7 Å². The summed E-state index contributed by atoms with van der Waals surface area (Å²) in [6.45, 7) is 1.67. The number of aryl methyl sites for hydroxylation is 1. The number of nitrogens with zero attached hydrogens (tertiary/aromatic N) is 2. The molecule has 0 atom stereocenters. The fourth-order valence-electron chi connectivity index (χ4n) is 2.31. The second-order valence-corrected chi connectivity index (χ2v) is 7.50. The summed E-state index contributed by atoms with van der Waals surface area (Å²) in [5, 5.41) is 11.5. The van der Waals surface area contributed by atoms with Crippen molar-refractivity contribution in [3.8, 4) is 6.07 Å². The Kier molecular flexibility index (Phi) is 5.91. The molecule has 2 rings (SSSR count). The van der Waals surface area contributed by atoms with Gasteiger partial charge in [-0.25, -0.2) is 8.42 Å². The van der Waals surface area contributed by atoms with Crippen molar-refractivity contribution in [1.29, 1.82) is 5.26 Å². The zero-order valence-electron chi connectivity index (χ0n) is 14.1. The van der Waals surface area contributed by atoms with Crippen LogP contribution < -0.4 is 5.32 Å². The normalized spacial score (nSPS) is 11.1. The number of hydrogen-bond acceptors (Lipinski definition) is 4. The molecule has 25 heavy (non-hydrogen) atoms. The molecule has 0 spiro atoms. The van der Waals surface area contributed by atoms with E-state index in [1.807, 2.05) is 31.2 Å². The predicted octanol–water partition coefficient (Wildman–Crippen LogP) is 2.38. The van der Waals surface area contributed by atoms with Gasteiger partial charge in [0.15, 0.2) is 0 Å². The number of carbonyl (C=O) groups excluding carboxylic acids is 1. The average molecular weight is 357 g/mol. The van der Waals surface area contributed by atoms with Crippen LogP contribution in [0.15, 0.2) is 53.4 Å². The molecule has 0 aliphatic heterocycles. The van der Waals surface area contributed by atoms with Crippen LogP contribution in [0.2, 0.25) is 0 Å². The number of carbonyl (C=O) groups is 1. The number of benzene rings is 2. The quantitative estimate of drug-likeness (QED) is 0.859. The molecule has 0 aliphatic carbocycles. The van der Waals surface area contributed by atoms with E-state index >= 15 is 0 Å². The van der Waals surface area contributed by atoms with Crippen molar-refractivity contribution in [1.82, 2.24) is 4.31 Å². The van der Waals surface area contributed by atoms with Crippen molar-refractivity contribution in [3.05, 3.63) is 59.7 Å². The third kappa shape index (κ3) is 4.44. The summed E-state index contributed by atoms with van der Waals surface area (Å²) >= 11 is 0. The molecule has 1 amide bonds. The lowest BCUT2D eigenvalue weighted by molar-refractivity contribution is -0.116. The third-order valence-electron chi connectivity index (χ3n) is 3.73. The van der Waals surface area contributed by atoms with Crippen LogP contribution in [0.1, 0.15) is 18.1 Å². The molecule has 0 aliphatic rings. The molecule has 2 aromatic carbocycles. The molecule has 0 saturated carbocycles. The van der Waals surface area contributed by atoms with E-state index in [9.17, 15) is 13.2 Å². The van der Waals surface area contributed by atoms with Crippen molar-refractivity contribution in [2.75, 3.05) is 18.9 Å². The van der Waals surface area contributed by atoms with Gasteiger partial charge in [-0.05, 0) is 42.3 Å². The van der Waals surface area contributed by atoms with Gasteiger partial charge in [-0.15, -0.1) is 0 Å². The van der Waals surface area contributed by atoms with E-state index in [2.05, 4.69) is 5.32 Å². The van der Waals surface area contributed by atoms with Crippen molar-refractivity contribution in [2.24, 2.45) is 0 Å². The second-order valence-electron chi connectivity index (χ2n) is 5.46. The van der Waals surface area contributed by atoms with Crippen LogP contribution in [0.3, 0.4) is 0 Å². The maximum atomic E-state index is 12.5. The molecule has 0 unspecified atom stereocenters. The molecule has 130 valence electrons. The highest BCUT2D eigenvalue weighted by Crippen LogP contribution is 2.17. The largest absolute Gasteiger partial charge is 0.325 e. The molecule has 6 nitrogen and oxygen atoms in total. The Labute approximate surface area is 147 Å². The van der Waals surface area contributed by atoms with Crippen LogP contribution in [0, 0.1) is 11.3 Å². The lowest BCUT2D eigenvalue weighted by Crippen LogP contribution is -2.35. The summed E-state index contributed by atoms with van der Waals surface area (Å²) in [6, 6.07) is 14.9. The second kappa shape index (κ2) is 7.92. The van der Waals surface area contributed by atoms with Crippen LogP contribution in [-0.2, 0) is 21.2 Å². The number of amides is 1. The van der Waals surface area contributed by atoms with Gasteiger partial charge in [-0.3, -0.25) is 4.79 Å². The molecule has 0 fully saturated rings. The van der Waals surface area contributed by atoms with Crippen LogP contribution >= 0.6 is 0 Å². The van der Waals surface area contributed by atoms with Crippen LogP contribution in [-0.4, -0.2) is 32.2 Å². The number of likely N-dealkylation sites (N-methyl/N-ethyl adjacent to an activating group) is 1. The standard InChI is InChI=1S/C18H19N3O3S/c1-3-15-6-4-5-7-17(15)20-18(22)13-21(2)25(23,24)16-10-8-14(12-19)9-11-16/h4-11H,3,13H2,1-2H3,(H,20,22). The first kappa shape index (κ1) is 18.6. The average Bonchev–Trinajstić information content (AvgIpc) is 2.62. The predicted molar refractivity (Wildman–Crippen MR) is 95.4 cm³/mol. The van der Waals surface area contributed by atoms with E-state index in [0.717, 1.165) is 16.3 Å². The number of rotatable bonds is 6. The van der Waals surface area contributed by atoms with E-state index < -0.39 is 15.9 Å². The van der Waals surface area contributed by atoms with Gasteiger partial charge in [0.05, 0.1) is 23.1 Å². The van der Waals surface area contributed by atoms with Crippen molar-refractivity contribution < 1.29 is 13.2 Å². The molecule has 0 bridgehead atoms. The fraction of sp³-hybridized carbons (Fsp3) is 0.222. The van der Waals surface area contributed by atoms with Gasteiger partial charge in [0.1, 0.15) is 0 Å².